The van der Waals surface area contributed by atoms with Gasteiger partial charge in [0.25, 0.3) is 0 Å². The lowest BCUT2D eigenvalue weighted by Crippen LogP contribution is -2.31. The zero-order valence-electron chi connectivity index (χ0n) is 18.2. The number of hydrogen-bond donors (Lipinski definition) is 3. The Bertz CT molecular complexity index is 443. The molecule has 0 aromatic heterocycles. The van der Waals surface area contributed by atoms with Crippen LogP contribution in [0.15, 0.2) is 0 Å². The van der Waals surface area contributed by atoms with E-state index in [2.05, 4.69) is 10.6 Å². The van der Waals surface area contributed by atoms with Gasteiger partial charge in [0, 0.05) is 25.4 Å². The third-order valence-corrected chi connectivity index (χ3v) is 4.31. The van der Waals surface area contributed by atoms with Crippen molar-refractivity contribution in [2.75, 3.05) is 39.5 Å². The molecule has 0 aliphatic heterocycles. The number of carbonyl (C=O) groups is 3. The van der Waals surface area contributed by atoms with Crippen LogP contribution < -0.4 is 10.6 Å². The molecule has 0 atom stereocenters. The van der Waals surface area contributed by atoms with Crippen LogP contribution in [0.25, 0.3) is 0 Å². The first-order valence-electron chi connectivity index (χ1n) is 10.8. The highest BCUT2D eigenvalue weighted by Crippen LogP contribution is 2.09. The number of hydrogen-bond acceptors (Lipinski definition) is 5. The molecule has 0 heterocycles. The van der Waals surface area contributed by atoms with Crippen LogP contribution in [0.2, 0.25) is 0 Å². The number of carbonyl (C=O) groups excluding carboxylic acids is 2. The van der Waals surface area contributed by atoms with Crippen molar-refractivity contribution < 1.29 is 29.0 Å². The number of amides is 2. The van der Waals surface area contributed by atoms with E-state index in [9.17, 15) is 14.4 Å². The van der Waals surface area contributed by atoms with Crippen LogP contribution >= 0.6 is 0 Å². The summed E-state index contributed by atoms with van der Waals surface area (Å²) in [4.78, 5) is 33.3. The first kappa shape index (κ1) is 27.3. The highest BCUT2D eigenvalue weighted by atomic mass is 16.5. The first-order chi connectivity index (χ1) is 13.9. The van der Waals surface area contributed by atoms with Crippen LogP contribution in [-0.4, -0.2) is 62.4 Å². The average molecular weight is 417 g/mol. The van der Waals surface area contributed by atoms with E-state index in [0.29, 0.717) is 32.9 Å². The fourth-order valence-corrected chi connectivity index (χ4v) is 2.58. The summed E-state index contributed by atoms with van der Waals surface area (Å²) in [6, 6.07) is 0. The van der Waals surface area contributed by atoms with Gasteiger partial charge in [0.05, 0.1) is 19.8 Å². The molecule has 29 heavy (non-hydrogen) atoms. The Morgan fingerprint density at radius 1 is 0.759 bits per heavy atom. The second-order valence-electron chi connectivity index (χ2n) is 7.43. The van der Waals surface area contributed by atoms with E-state index < -0.39 is 5.97 Å². The van der Waals surface area contributed by atoms with Gasteiger partial charge in [-0.25, -0.2) is 0 Å². The van der Waals surface area contributed by atoms with Gasteiger partial charge < -0.3 is 25.2 Å². The maximum absolute atomic E-state index is 11.6. The molecule has 0 unspecified atom stereocenters. The van der Waals surface area contributed by atoms with Gasteiger partial charge in [-0.3, -0.25) is 14.4 Å². The molecule has 170 valence electrons. The largest absolute Gasteiger partial charge is 0.481 e. The Morgan fingerprint density at radius 3 is 1.97 bits per heavy atom. The number of nitrogens with one attached hydrogen (secondary N) is 2. The number of aliphatic carboxylic acids is 1. The molecule has 0 aliphatic rings. The molecule has 0 aliphatic carbocycles. The zero-order valence-corrected chi connectivity index (χ0v) is 18.2. The van der Waals surface area contributed by atoms with Gasteiger partial charge in [-0.15, -0.1) is 0 Å². The maximum Gasteiger partial charge on any atom is 0.303 e. The summed E-state index contributed by atoms with van der Waals surface area (Å²) >= 11 is 0. The topological polar surface area (TPSA) is 114 Å². The Morgan fingerprint density at radius 2 is 1.34 bits per heavy atom. The van der Waals surface area contributed by atoms with E-state index in [4.69, 9.17) is 14.6 Å². The molecule has 8 heteroatoms. The average Bonchev–Trinajstić information content (AvgIpc) is 2.67. The molecule has 0 rings (SSSR count). The zero-order chi connectivity index (χ0) is 21.7. The van der Waals surface area contributed by atoms with Crippen LogP contribution in [0, 0.1) is 5.92 Å². The Balaban J connectivity index is 3.24. The molecule has 0 aromatic carbocycles. The lowest BCUT2D eigenvalue weighted by molar-refractivity contribution is -0.137. The van der Waals surface area contributed by atoms with E-state index in [-0.39, 0.29) is 30.8 Å². The van der Waals surface area contributed by atoms with E-state index in [1.54, 1.807) is 0 Å². The number of rotatable bonds is 20. The van der Waals surface area contributed by atoms with Crippen molar-refractivity contribution in [2.45, 2.75) is 71.6 Å². The number of ether oxygens (including phenoxy) is 2. The molecule has 0 saturated carbocycles. The predicted molar refractivity (Wildman–Crippen MR) is 112 cm³/mol. The fraction of sp³-hybridized carbons (Fsp3) is 0.857. The van der Waals surface area contributed by atoms with Gasteiger partial charge in [-0.2, -0.15) is 0 Å². The van der Waals surface area contributed by atoms with Crippen molar-refractivity contribution in [2.24, 2.45) is 5.92 Å². The molecule has 0 radical (unpaired) electrons. The lowest BCUT2D eigenvalue weighted by Gasteiger charge is -2.09. The van der Waals surface area contributed by atoms with Gasteiger partial charge in [0.1, 0.15) is 6.61 Å². The Kier molecular flexibility index (Phi) is 18.5. The van der Waals surface area contributed by atoms with Gasteiger partial charge in [-0.1, -0.05) is 52.4 Å². The summed E-state index contributed by atoms with van der Waals surface area (Å²) in [6.07, 6.45) is 8.60. The smallest absolute Gasteiger partial charge is 0.303 e. The monoisotopic (exact) mass is 416 g/mol. The van der Waals surface area contributed by atoms with Crippen molar-refractivity contribution in [1.29, 1.82) is 0 Å². The third-order valence-electron chi connectivity index (χ3n) is 4.31. The van der Waals surface area contributed by atoms with Crippen LogP contribution in [0.3, 0.4) is 0 Å². The van der Waals surface area contributed by atoms with Gasteiger partial charge in [0.15, 0.2) is 0 Å². The second-order valence-corrected chi connectivity index (χ2v) is 7.43. The SMILES string of the molecule is CC(C)C(=O)NCCOCCOCC(=O)NCCCCCCCCCCC(=O)O. The standard InChI is InChI=1S/C21H40N2O6/c1-18(2)21(27)23-13-14-28-15-16-29-17-19(24)22-12-10-8-6-4-3-5-7-9-11-20(25)26/h18H,3-17H2,1-2H3,(H,22,24)(H,23,27)(H,25,26). The summed E-state index contributed by atoms with van der Waals surface area (Å²) in [6.45, 7) is 6.00. The fourth-order valence-electron chi connectivity index (χ4n) is 2.58. The summed E-state index contributed by atoms with van der Waals surface area (Å²) in [7, 11) is 0. The Hall–Kier alpha value is -1.67. The summed E-state index contributed by atoms with van der Waals surface area (Å²) < 4.78 is 10.6. The van der Waals surface area contributed by atoms with Crippen molar-refractivity contribution in [3.05, 3.63) is 0 Å². The molecule has 3 N–H and O–H groups in total. The van der Waals surface area contributed by atoms with Crippen LogP contribution in [-0.2, 0) is 23.9 Å². The molecular weight excluding hydrogens is 376 g/mol. The number of unbranched alkanes of at least 4 members (excludes halogenated alkanes) is 7. The summed E-state index contributed by atoms with van der Waals surface area (Å²) in [5.74, 6) is -0.851. The molecular formula is C21H40N2O6. The van der Waals surface area contributed by atoms with Gasteiger partial charge >= 0.3 is 5.97 Å². The highest BCUT2D eigenvalue weighted by molar-refractivity contribution is 5.77. The highest BCUT2D eigenvalue weighted by Gasteiger charge is 2.05. The van der Waals surface area contributed by atoms with E-state index in [1.807, 2.05) is 13.8 Å². The minimum Gasteiger partial charge on any atom is -0.481 e. The van der Waals surface area contributed by atoms with E-state index in [1.165, 1.54) is 0 Å². The normalized spacial score (nSPS) is 10.9. The number of carboxylic acids is 1. The second kappa shape index (κ2) is 19.6. The first-order valence-corrected chi connectivity index (χ1v) is 10.8. The quantitative estimate of drug-likeness (QED) is 0.263. The summed E-state index contributed by atoms with van der Waals surface area (Å²) in [5.41, 5.74) is 0. The number of carboxylic acid groups (broad SMARTS) is 1. The molecule has 0 saturated heterocycles. The maximum atomic E-state index is 11.6. The van der Waals surface area contributed by atoms with Crippen LogP contribution in [0.1, 0.15) is 71.6 Å². The molecule has 0 fully saturated rings. The summed E-state index contributed by atoms with van der Waals surface area (Å²) in [5, 5.41) is 14.1. The van der Waals surface area contributed by atoms with Crippen molar-refractivity contribution in [3.8, 4) is 0 Å². The minimum atomic E-state index is -0.713. The van der Waals surface area contributed by atoms with E-state index >= 15 is 0 Å². The molecule has 0 bridgehead atoms. The van der Waals surface area contributed by atoms with Crippen molar-refractivity contribution in [3.63, 3.8) is 0 Å². The van der Waals surface area contributed by atoms with Crippen molar-refractivity contribution >= 4 is 17.8 Å². The van der Waals surface area contributed by atoms with Gasteiger partial charge in [0.2, 0.25) is 11.8 Å². The van der Waals surface area contributed by atoms with Crippen LogP contribution in [0.4, 0.5) is 0 Å². The van der Waals surface area contributed by atoms with Gasteiger partial charge in [-0.05, 0) is 12.8 Å². The molecule has 0 aromatic rings. The lowest BCUT2D eigenvalue weighted by atomic mass is 10.1. The Labute approximate surface area is 175 Å². The minimum absolute atomic E-state index is 0.00880. The van der Waals surface area contributed by atoms with E-state index in [0.717, 1.165) is 51.4 Å². The van der Waals surface area contributed by atoms with Crippen LogP contribution in [0.5, 0.6) is 0 Å². The molecule has 2 amide bonds. The molecule has 8 nitrogen and oxygen atoms in total. The molecule has 0 spiro atoms. The predicted octanol–water partition coefficient (Wildman–Crippen LogP) is 2.50. The van der Waals surface area contributed by atoms with Crippen molar-refractivity contribution in [1.82, 2.24) is 10.6 Å². The third kappa shape index (κ3) is 20.9.